The third-order valence-corrected chi connectivity index (χ3v) is 3.69. The Balaban J connectivity index is 2.08. The largest absolute Gasteiger partial charge is 0.461 e. The molecule has 0 fully saturated rings. The van der Waals surface area contributed by atoms with Crippen LogP contribution in [0.3, 0.4) is 0 Å². The van der Waals surface area contributed by atoms with Crippen LogP contribution in [0.2, 0.25) is 0 Å². The first kappa shape index (κ1) is 13.8. The number of carbonyl (C=O) groups excluding carboxylic acids is 1. The molecule has 0 unspecified atom stereocenters. The topological polar surface area (TPSA) is 98.8 Å². The summed E-state index contributed by atoms with van der Waals surface area (Å²) in [5.41, 5.74) is 10.1. The maximum atomic E-state index is 12.1. The highest BCUT2D eigenvalue weighted by atomic mass is 16.5. The zero-order chi connectivity index (χ0) is 14.8. The molecule has 7 heteroatoms. The first-order valence-electron chi connectivity index (χ1n) is 7.25. The van der Waals surface area contributed by atoms with Crippen molar-refractivity contribution < 1.29 is 9.53 Å². The van der Waals surface area contributed by atoms with Crippen molar-refractivity contribution in [2.75, 3.05) is 13.2 Å². The second kappa shape index (κ2) is 5.69. The Hall–Kier alpha value is -2.15. The van der Waals surface area contributed by atoms with Gasteiger partial charge in [-0.25, -0.2) is 4.79 Å². The van der Waals surface area contributed by atoms with E-state index in [1.54, 1.807) is 13.1 Å². The van der Waals surface area contributed by atoms with Crippen LogP contribution in [0.1, 0.15) is 35.1 Å². The van der Waals surface area contributed by atoms with Gasteiger partial charge in [-0.3, -0.25) is 9.78 Å². The van der Waals surface area contributed by atoms with E-state index in [1.165, 1.54) is 0 Å². The van der Waals surface area contributed by atoms with Crippen molar-refractivity contribution in [3.05, 3.63) is 23.1 Å². The molecule has 0 aromatic carbocycles. The third-order valence-electron chi connectivity index (χ3n) is 3.69. The molecule has 0 saturated heterocycles. The number of nitrogens with one attached hydrogen (secondary N) is 1. The molecular weight excluding hydrogens is 270 g/mol. The molecular formula is C14H19N5O2. The molecule has 0 saturated carbocycles. The smallest absolute Gasteiger partial charge is 0.359 e. The molecule has 0 bridgehead atoms. The lowest BCUT2D eigenvalue weighted by molar-refractivity contribution is 0.0517. The summed E-state index contributed by atoms with van der Waals surface area (Å²) < 4.78 is 6.98. The Kier molecular flexibility index (Phi) is 3.74. The highest BCUT2D eigenvalue weighted by Crippen LogP contribution is 2.34. The van der Waals surface area contributed by atoms with Crippen molar-refractivity contribution in [1.29, 1.82) is 0 Å². The average molecular weight is 289 g/mol. The van der Waals surface area contributed by atoms with E-state index >= 15 is 0 Å². The molecule has 2 aromatic rings. The molecule has 2 heterocycles. The summed E-state index contributed by atoms with van der Waals surface area (Å²) in [4.78, 5) is 12.1. The van der Waals surface area contributed by atoms with Crippen molar-refractivity contribution in [2.24, 2.45) is 5.73 Å². The number of aromatic amines is 1. The van der Waals surface area contributed by atoms with Crippen LogP contribution in [-0.4, -0.2) is 39.1 Å². The lowest BCUT2D eigenvalue weighted by Gasteiger charge is -2.14. The highest BCUT2D eigenvalue weighted by molar-refractivity contribution is 5.92. The quantitative estimate of drug-likeness (QED) is 0.797. The molecule has 0 spiro atoms. The van der Waals surface area contributed by atoms with E-state index in [0.717, 1.165) is 41.8 Å². The lowest BCUT2D eigenvalue weighted by atomic mass is 9.94. The van der Waals surface area contributed by atoms with Gasteiger partial charge in [0.05, 0.1) is 18.5 Å². The summed E-state index contributed by atoms with van der Waals surface area (Å²) in [5.74, 6) is -0.354. The summed E-state index contributed by atoms with van der Waals surface area (Å²) in [6, 6.07) is 0. The fourth-order valence-corrected chi connectivity index (χ4v) is 2.76. The molecule has 0 radical (unpaired) electrons. The second-order valence-electron chi connectivity index (χ2n) is 5.02. The van der Waals surface area contributed by atoms with Gasteiger partial charge in [0.15, 0.2) is 5.69 Å². The molecule has 3 N–H and O–H groups in total. The van der Waals surface area contributed by atoms with Crippen LogP contribution in [0.25, 0.3) is 11.3 Å². The standard InChI is InChI=1S/C14H19N5O2/c1-2-21-14(20)12-9-4-5-11-10(8-16-17-11)13(9)19(18-12)7-3-6-15/h8H,2-7,15H2,1H3,(H,16,17). The number of fused-ring (bicyclic) bond motifs is 3. The Morgan fingerprint density at radius 3 is 3.14 bits per heavy atom. The molecule has 112 valence electrons. The van der Waals surface area contributed by atoms with Crippen molar-refractivity contribution in [3.63, 3.8) is 0 Å². The van der Waals surface area contributed by atoms with Gasteiger partial charge in [0, 0.05) is 23.4 Å². The van der Waals surface area contributed by atoms with Crippen LogP contribution in [-0.2, 0) is 24.1 Å². The van der Waals surface area contributed by atoms with Crippen LogP contribution in [0, 0.1) is 0 Å². The van der Waals surface area contributed by atoms with Crippen molar-refractivity contribution >= 4 is 5.97 Å². The number of carbonyl (C=O) groups is 1. The Labute approximate surface area is 122 Å². The monoisotopic (exact) mass is 289 g/mol. The Morgan fingerprint density at radius 2 is 2.38 bits per heavy atom. The summed E-state index contributed by atoms with van der Waals surface area (Å²) >= 11 is 0. The van der Waals surface area contributed by atoms with Gasteiger partial charge in [-0.15, -0.1) is 0 Å². The fourth-order valence-electron chi connectivity index (χ4n) is 2.76. The summed E-state index contributed by atoms with van der Waals surface area (Å²) in [6.07, 6.45) is 4.20. The zero-order valence-corrected chi connectivity index (χ0v) is 12.1. The molecule has 0 amide bonds. The van der Waals surface area contributed by atoms with Gasteiger partial charge >= 0.3 is 5.97 Å². The van der Waals surface area contributed by atoms with Gasteiger partial charge in [-0.2, -0.15) is 10.2 Å². The second-order valence-corrected chi connectivity index (χ2v) is 5.02. The normalized spacial score (nSPS) is 12.9. The minimum Gasteiger partial charge on any atom is -0.461 e. The van der Waals surface area contributed by atoms with E-state index in [-0.39, 0.29) is 5.97 Å². The number of hydrogen-bond acceptors (Lipinski definition) is 5. The van der Waals surface area contributed by atoms with E-state index in [1.807, 2.05) is 4.68 Å². The van der Waals surface area contributed by atoms with E-state index in [4.69, 9.17) is 10.5 Å². The molecule has 0 aliphatic heterocycles. The summed E-state index contributed by atoms with van der Waals surface area (Å²) in [6.45, 7) is 3.41. The van der Waals surface area contributed by atoms with E-state index in [2.05, 4.69) is 15.3 Å². The molecule has 7 nitrogen and oxygen atoms in total. The number of nitrogens with zero attached hydrogens (tertiary/aromatic N) is 3. The molecule has 3 rings (SSSR count). The summed E-state index contributed by atoms with van der Waals surface area (Å²) in [5, 5.41) is 11.6. The lowest BCUT2D eigenvalue weighted by Crippen LogP contribution is -2.10. The molecule has 1 aliphatic carbocycles. The van der Waals surface area contributed by atoms with Gasteiger partial charge in [0.1, 0.15) is 0 Å². The fraction of sp³-hybridized carbons (Fsp3) is 0.500. The minimum atomic E-state index is -0.354. The van der Waals surface area contributed by atoms with Crippen LogP contribution in [0.15, 0.2) is 6.20 Å². The third kappa shape index (κ3) is 2.33. The minimum absolute atomic E-state index is 0.347. The Bertz CT molecular complexity index is 658. The van der Waals surface area contributed by atoms with Crippen LogP contribution < -0.4 is 5.73 Å². The number of aryl methyl sites for hydroxylation is 2. The number of hydrogen-bond donors (Lipinski definition) is 2. The van der Waals surface area contributed by atoms with Gasteiger partial charge < -0.3 is 10.5 Å². The Morgan fingerprint density at radius 1 is 1.52 bits per heavy atom. The number of rotatable bonds is 5. The van der Waals surface area contributed by atoms with Gasteiger partial charge in [0.2, 0.25) is 0 Å². The number of esters is 1. The van der Waals surface area contributed by atoms with Gasteiger partial charge in [-0.05, 0) is 32.7 Å². The summed E-state index contributed by atoms with van der Waals surface area (Å²) in [7, 11) is 0. The van der Waals surface area contributed by atoms with Crippen molar-refractivity contribution in [3.8, 4) is 11.3 Å². The highest BCUT2D eigenvalue weighted by Gasteiger charge is 2.29. The van der Waals surface area contributed by atoms with Crippen molar-refractivity contribution in [1.82, 2.24) is 20.0 Å². The predicted molar refractivity (Wildman–Crippen MR) is 76.8 cm³/mol. The maximum absolute atomic E-state index is 12.1. The van der Waals surface area contributed by atoms with Crippen LogP contribution in [0.5, 0.6) is 0 Å². The van der Waals surface area contributed by atoms with E-state index < -0.39 is 0 Å². The van der Waals surface area contributed by atoms with Crippen LogP contribution in [0.4, 0.5) is 0 Å². The molecule has 0 atom stereocenters. The van der Waals surface area contributed by atoms with Gasteiger partial charge in [0.25, 0.3) is 0 Å². The SMILES string of the molecule is CCOC(=O)c1nn(CCCN)c2c1CCc1[nH]ncc1-2. The van der Waals surface area contributed by atoms with Gasteiger partial charge in [-0.1, -0.05) is 0 Å². The average Bonchev–Trinajstić information content (AvgIpc) is 3.09. The zero-order valence-electron chi connectivity index (χ0n) is 12.1. The number of H-pyrrole nitrogens is 1. The predicted octanol–water partition coefficient (Wildman–Crippen LogP) is 0.897. The number of nitrogens with two attached hydrogens (primary N) is 1. The molecule has 1 aliphatic rings. The number of ether oxygens (including phenoxy) is 1. The van der Waals surface area contributed by atoms with E-state index in [0.29, 0.717) is 25.4 Å². The number of aromatic nitrogens is 4. The molecule has 21 heavy (non-hydrogen) atoms. The molecule has 2 aromatic heterocycles. The first-order valence-corrected chi connectivity index (χ1v) is 7.25. The van der Waals surface area contributed by atoms with Crippen LogP contribution >= 0.6 is 0 Å². The first-order chi connectivity index (χ1) is 10.3. The van der Waals surface area contributed by atoms with Crippen molar-refractivity contribution in [2.45, 2.75) is 32.7 Å². The van der Waals surface area contributed by atoms with E-state index in [9.17, 15) is 4.79 Å². The maximum Gasteiger partial charge on any atom is 0.359 e.